The number of para-hydroxylation sites is 1. The molecule has 1 atom stereocenters. The molecule has 5 heteroatoms. The van der Waals surface area contributed by atoms with Gasteiger partial charge in [-0.1, -0.05) is 19.1 Å². The number of anilines is 1. The van der Waals surface area contributed by atoms with Crippen molar-refractivity contribution in [1.29, 1.82) is 0 Å². The molecule has 21 heavy (non-hydrogen) atoms. The molecule has 0 fully saturated rings. The van der Waals surface area contributed by atoms with E-state index in [1.807, 2.05) is 25.1 Å². The molecule has 3 N–H and O–H groups in total. The second-order valence-electron chi connectivity index (χ2n) is 5.53. The molecule has 0 saturated carbocycles. The van der Waals surface area contributed by atoms with E-state index < -0.39 is 0 Å². The minimum Gasteiger partial charge on any atom is -0.491 e. The molecule has 1 aromatic rings. The van der Waals surface area contributed by atoms with Gasteiger partial charge in [-0.25, -0.2) is 0 Å². The first-order chi connectivity index (χ1) is 10.2. The molecule has 0 spiro atoms. The highest BCUT2D eigenvalue weighted by molar-refractivity contribution is 5.95. The molecule has 0 aliphatic carbocycles. The number of nitrogens with one attached hydrogen (secondary N) is 2. The highest BCUT2D eigenvalue weighted by atomic mass is 16.5. The third-order valence-electron chi connectivity index (χ3n) is 3.56. The first-order valence-electron chi connectivity index (χ1n) is 7.57. The molecule has 0 radical (unpaired) electrons. The number of aliphatic hydroxyl groups excluding tert-OH is 1. The van der Waals surface area contributed by atoms with Gasteiger partial charge in [0.25, 0.3) is 0 Å². The second kappa shape index (κ2) is 8.00. The van der Waals surface area contributed by atoms with Crippen LogP contribution in [-0.2, 0) is 11.2 Å². The Morgan fingerprint density at radius 2 is 2.29 bits per heavy atom. The number of hydrogen-bond donors (Lipinski definition) is 3. The van der Waals surface area contributed by atoms with Crippen LogP contribution < -0.4 is 15.4 Å². The summed E-state index contributed by atoms with van der Waals surface area (Å²) in [6.07, 6.45) is 2.21. The number of amides is 1. The number of ether oxygens (including phenoxy) is 1. The Morgan fingerprint density at radius 3 is 3.10 bits per heavy atom. The van der Waals surface area contributed by atoms with E-state index in [2.05, 4.69) is 10.6 Å². The SMILES string of the molecule is CC(CO)CNCCCOc1cccc2c1NC(=O)CC2. The average molecular weight is 292 g/mol. The first-order valence-corrected chi connectivity index (χ1v) is 7.57. The number of aliphatic hydroxyl groups is 1. The fraction of sp³-hybridized carbons (Fsp3) is 0.562. The van der Waals surface area contributed by atoms with E-state index in [-0.39, 0.29) is 18.4 Å². The summed E-state index contributed by atoms with van der Waals surface area (Å²) in [4.78, 5) is 11.5. The molecule has 1 amide bonds. The standard InChI is InChI=1S/C16H24N2O3/c1-12(11-19)10-17-8-3-9-21-14-5-2-4-13-6-7-15(20)18-16(13)14/h2,4-5,12,17,19H,3,6-11H2,1H3,(H,18,20). The molecule has 1 aliphatic rings. The maximum Gasteiger partial charge on any atom is 0.224 e. The van der Waals surface area contributed by atoms with Crippen molar-refractivity contribution in [2.45, 2.75) is 26.2 Å². The van der Waals surface area contributed by atoms with Crippen molar-refractivity contribution in [1.82, 2.24) is 5.32 Å². The summed E-state index contributed by atoms with van der Waals surface area (Å²) >= 11 is 0. The lowest BCUT2D eigenvalue weighted by atomic mass is 10.0. The van der Waals surface area contributed by atoms with Crippen molar-refractivity contribution in [3.63, 3.8) is 0 Å². The summed E-state index contributed by atoms with van der Waals surface area (Å²) in [6.45, 7) is 4.48. The predicted octanol–water partition coefficient (Wildman–Crippen LogP) is 1.56. The average Bonchev–Trinajstić information content (AvgIpc) is 2.50. The summed E-state index contributed by atoms with van der Waals surface area (Å²) in [7, 11) is 0. The molecule has 5 nitrogen and oxygen atoms in total. The van der Waals surface area contributed by atoms with Gasteiger partial charge < -0.3 is 20.5 Å². The van der Waals surface area contributed by atoms with Crippen LogP contribution in [0.3, 0.4) is 0 Å². The molecule has 116 valence electrons. The van der Waals surface area contributed by atoms with Gasteiger partial charge in [0, 0.05) is 13.0 Å². The third kappa shape index (κ3) is 4.72. The lowest BCUT2D eigenvalue weighted by Gasteiger charge is -2.20. The maximum absolute atomic E-state index is 11.5. The zero-order valence-electron chi connectivity index (χ0n) is 12.5. The zero-order valence-corrected chi connectivity index (χ0v) is 12.5. The van der Waals surface area contributed by atoms with Crippen molar-refractivity contribution in [3.8, 4) is 5.75 Å². The lowest BCUT2D eigenvalue weighted by molar-refractivity contribution is -0.116. The number of carbonyl (C=O) groups excluding carboxylic acids is 1. The molecule has 1 heterocycles. The molecular formula is C16H24N2O3. The van der Waals surface area contributed by atoms with Crippen LogP contribution in [0.15, 0.2) is 18.2 Å². The second-order valence-corrected chi connectivity index (χ2v) is 5.53. The van der Waals surface area contributed by atoms with Gasteiger partial charge in [-0.15, -0.1) is 0 Å². The van der Waals surface area contributed by atoms with Gasteiger partial charge in [0.05, 0.1) is 12.3 Å². The Labute approximate surface area is 125 Å². The number of hydrogen-bond acceptors (Lipinski definition) is 4. The van der Waals surface area contributed by atoms with Gasteiger partial charge >= 0.3 is 0 Å². The van der Waals surface area contributed by atoms with Crippen LogP contribution in [0.25, 0.3) is 0 Å². The third-order valence-corrected chi connectivity index (χ3v) is 3.56. The Balaban J connectivity index is 1.75. The van der Waals surface area contributed by atoms with Gasteiger partial charge in [-0.3, -0.25) is 4.79 Å². The smallest absolute Gasteiger partial charge is 0.224 e. The van der Waals surface area contributed by atoms with Crippen LogP contribution in [0.2, 0.25) is 0 Å². The largest absolute Gasteiger partial charge is 0.491 e. The Kier molecular flexibility index (Phi) is 6.02. The van der Waals surface area contributed by atoms with Gasteiger partial charge in [0.2, 0.25) is 5.91 Å². The van der Waals surface area contributed by atoms with Gasteiger partial charge in [-0.2, -0.15) is 0 Å². The van der Waals surface area contributed by atoms with Gasteiger partial charge in [0.15, 0.2) is 0 Å². The van der Waals surface area contributed by atoms with Crippen LogP contribution in [0.4, 0.5) is 5.69 Å². The fourth-order valence-electron chi connectivity index (χ4n) is 2.29. The van der Waals surface area contributed by atoms with Crippen LogP contribution in [0.5, 0.6) is 5.75 Å². The van der Waals surface area contributed by atoms with E-state index in [4.69, 9.17) is 9.84 Å². The normalized spacial score (nSPS) is 15.2. The molecule has 0 bridgehead atoms. The molecule has 1 aliphatic heterocycles. The van der Waals surface area contributed by atoms with Crippen molar-refractivity contribution >= 4 is 11.6 Å². The Morgan fingerprint density at radius 1 is 1.43 bits per heavy atom. The molecule has 1 aromatic carbocycles. The lowest BCUT2D eigenvalue weighted by Crippen LogP contribution is -2.25. The molecule has 1 unspecified atom stereocenters. The predicted molar refractivity (Wildman–Crippen MR) is 82.6 cm³/mol. The topological polar surface area (TPSA) is 70.6 Å². The van der Waals surface area contributed by atoms with Crippen molar-refractivity contribution in [2.24, 2.45) is 5.92 Å². The summed E-state index contributed by atoms with van der Waals surface area (Å²) in [5.41, 5.74) is 1.97. The van der Waals surface area contributed by atoms with E-state index in [0.717, 1.165) is 42.9 Å². The van der Waals surface area contributed by atoms with E-state index in [9.17, 15) is 4.79 Å². The maximum atomic E-state index is 11.5. The van der Waals surface area contributed by atoms with Crippen LogP contribution in [0, 0.1) is 5.92 Å². The van der Waals surface area contributed by atoms with E-state index in [0.29, 0.717) is 13.0 Å². The Bertz CT molecular complexity index is 477. The van der Waals surface area contributed by atoms with Crippen molar-refractivity contribution in [3.05, 3.63) is 23.8 Å². The number of benzene rings is 1. The molecule has 0 saturated heterocycles. The summed E-state index contributed by atoms with van der Waals surface area (Å²) < 4.78 is 5.78. The number of rotatable bonds is 8. The van der Waals surface area contributed by atoms with Crippen LogP contribution >= 0.6 is 0 Å². The first kappa shape index (κ1) is 15.8. The summed E-state index contributed by atoms with van der Waals surface area (Å²) in [5.74, 6) is 1.09. The molecule has 2 rings (SSSR count). The summed E-state index contributed by atoms with van der Waals surface area (Å²) in [6, 6.07) is 5.89. The highest BCUT2D eigenvalue weighted by Crippen LogP contribution is 2.32. The fourth-order valence-corrected chi connectivity index (χ4v) is 2.29. The zero-order chi connectivity index (χ0) is 15.1. The van der Waals surface area contributed by atoms with Crippen molar-refractivity contribution in [2.75, 3.05) is 31.6 Å². The molecular weight excluding hydrogens is 268 g/mol. The summed E-state index contributed by atoms with van der Waals surface area (Å²) in [5, 5.41) is 15.1. The number of aryl methyl sites for hydroxylation is 1. The van der Waals surface area contributed by atoms with E-state index in [1.165, 1.54) is 0 Å². The minimum absolute atomic E-state index is 0.0539. The minimum atomic E-state index is 0.0539. The monoisotopic (exact) mass is 292 g/mol. The quantitative estimate of drug-likeness (QED) is 0.636. The number of fused-ring (bicyclic) bond motifs is 1. The van der Waals surface area contributed by atoms with E-state index >= 15 is 0 Å². The number of carbonyl (C=O) groups is 1. The van der Waals surface area contributed by atoms with Crippen LogP contribution in [-0.4, -0.2) is 37.3 Å². The Hall–Kier alpha value is -1.59. The van der Waals surface area contributed by atoms with Crippen LogP contribution in [0.1, 0.15) is 25.3 Å². The van der Waals surface area contributed by atoms with Gasteiger partial charge in [0.1, 0.15) is 5.75 Å². The highest BCUT2D eigenvalue weighted by Gasteiger charge is 2.18. The molecule has 0 aromatic heterocycles. The van der Waals surface area contributed by atoms with Crippen molar-refractivity contribution < 1.29 is 14.6 Å². The van der Waals surface area contributed by atoms with Gasteiger partial charge in [-0.05, 0) is 43.5 Å². The van der Waals surface area contributed by atoms with E-state index in [1.54, 1.807) is 0 Å².